The van der Waals surface area contributed by atoms with Gasteiger partial charge < -0.3 is 10.1 Å². The number of anilines is 2. The van der Waals surface area contributed by atoms with Crippen LogP contribution in [0.4, 0.5) is 11.5 Å². The van der Waals surface area contributed by atoms with E-state index >= 15 is 0 Å². The Morgan fingerprint density at radius 2 is 1.88 bits per heavy atom. The predicted molar refractivity (Wildman–Crippen MR) is 75.9 cm³/mol. The van der Waals surface area contributed by atoms with Crippen LogP contribution in [0.1, 0.15) is 0 Å². The number of rotatable bonds is 3. The second kappa shape index (κ2) is 5.51. The van der Waals surface area contributed by atoms with Crippen LogP contribution in [-0.2, 0) is 0 Å². The van der Waals surface area contributed by atoms with Gasteiger partial charge in [0.2, 0.25) is 0 Å². The number of benzene rings is 1. The third-order valence-electron chi connectivity index (χ3n) is 2.15. The zero-order valence-electron chi connectivity index (χ0n) is 9.08. The molecule has 1 N–H and O–H groups in total. The molecule has 0 bridgehead atoms. The molecule has 3 nitrogen and oxygen atoms in total. The third-order valence-corrected chi connectivity index (χ3v) is 3.11. The first-order valence-corrected chi connectivity index (χ1v) is 6.50. The summed E-state index contributed by atoms with van der Waals surface area (Å²) in [7, 11) is 1.64. The van der Waals surface area contributed by atoms with Crippen LogP contribution in [0.25, 0.3) is 0 Å². The Hall–Kier alpha value is -1.07. The normalized spacial score (nSPS) is 10.1. The Kier molecular flexibility index (Phi) is 4.02. The molecule has 0 atom stereocenters. The highest BCUT2D eigenvalue weighted by Gasteiger charge is 2.04. The minimum absolute atomic E-state index is 0.768. The van der Waals surface area contributed by atoms with Crippen molar-refractivity contribution in [3.05, 3.63) is 45.5 Å². The van der Waals surface area contributed by atoms with Crippen molar-refractivity contribution in [2.24, 2.45) is 0 Å². The maximum Gasteiger partial charge on any atom is 0.142 e. The maximum atomic E-state index is 5.28. The smallest absolute Gasteiger partial charge is 0.142 e. The first-order chi connectivity index (χ1) is 8.19. The Bertz CT molecular complexity index is 514. The van der Waals surface area contributed by atoms with Crippen LogP contribution < -0.4 is 10.1 Å². The minimum atomic E-state index is 0.768. The number of halogens is 2. The van der Waals surface area contributed by atoms with Gasteiger partial charge in [0.15, 0.2) is 0 Å². The summed E-state index contributed by atoms with van der Waals surface area (Å²) in [5.74, 6) is 1.54. The third kappa shape index (κ3) is 3.20. The van der Waals surface area contributed by atoms with Crippen molar-refractivity contribution in [2.75, 3.05) is 12.4 Å². The Morgan fingerprint density at radius 3 is 2.53 bits per heavy atom. The van der Waals surface area contributed by atoms with Crippen LogP contribution in [-0.4, -0.2) is 12.1 Å². The molecule has 5 heteroatoms. The van der Waals surface area contributed by atoms with Gasteiger partial charge in [-0.2, -0.15) is 0 Å². The van der Waals surface area contributed by atoms with Gasteiger partial charge in [-0.05, 0) is 46.3 Å². The average Bonchev–Trinajstić information content (AvgIpc) is 2.32. The monoisotopic (exact) mass is 356 g/mol. The molecule has 0 unspecified atom stereocenters. The molecule has 0 amide bonds. The summed E-state index contributed by atoms with van der Waals surface area (Å²) in [6.45, 7) is 0. The van der Waals surface area contributed by atoms with E-state index in [4.69, 9.17) is 4.74 Å². The standard InChI is InChI=1S/C12H10Br2N2O/c1-17-11-4-2-8(13)6-10(11)16-12-5-3-9(14)7-15-12/h2-7H,1H3,(H,15,16). The fourth-order valence-corrected chi connectivity index (χ4v) is 1.96. The average molecular weight is 358 g/mol. The largest absolute Gasteiger partial charge is 0.495 e. The van der Waals surface area contributed by atoms with E-state index in [-0.39, 0.29) is 0 Å². The Labute approximate surface area is 116 Å². The summed E-state index contributed by atoms with van der Waals surface area (Å²) < 4.78 is 7.21. The summed E-state index contributed by atoms with van der Waals surface area (Å²) in [6.07, 6.45) is 1.74. The van der Waals surface area contributed by atoms with Gasteiger partial charge in [0.1, 0.15) is 11.6 Å². The minimum Gasteiger partial charge on any atom is -0.495 e. The van der Waals surface area contributed by atoms with E-state index in [1.54, 1.807) is 13.3 Å². The molecule has 0 spiro atoms. The van der Waals surface area contributed by atoms with E-state index in [1.807, 2.05) is 30.3 Å². The van der Waals surface area contributed by atoms with Gasteiger partial charge in [-0.25, -0.2) is 4.98 Å². The molecule has 0 aliphatic carbocycles. The van der Waals surface area contributed by atoms with Crippen molar-refractivity contribution in [1.82, 2.24) is 4.98 Å². The number of aromatic nitrogens is 1. The molecular formula is C12H10Br2N2O. The first-order valence-electron chi connectivity index (χ1n) is 4.91. The molecular weight excluding hydrogens is 348 g/mol. The molecule has 1 heterocycles. The molecule has 0 saturated heterocycles. The lowest BCUT2D eigenvalue weighted by molar-refractivity contribution is 0.416. The predicted octanol–water partition coefficient (Wildman–Crippen LogP) is 4.36. The molecule has 2 rings (SSSR count). The van der Waals surface area contributed by atoms with Crippen molar-refractivity contribution < 1.29 is 4.74 Å². The molecule has 88 valence electrons. The van der Waals surface area contributed by atoms with Gasteiger partial charge in [-0.1, -0.05) is 15.9 Å². The molecule has 1 aromatic heterocycles. The number of nitrogens with zero attached hydrogens (tertiary/aromatic N) is 1. The highest BCUT2D eigenvalue weighted by molar-refractivity contribution is 9.10. The molecule has 1 aromatic carbocycles. The summed E-state index contributed by atoms with van der Waals surface area (Å²) >= 11 is 6.78. The molecule has 2 aromatic rings. The SMILES string of the molecule is COc1ccc(Br)cc1Nc1ccc(Br)cn1. The highest BCUT2D eigenvalue weighted by Crippen LogP contribution is 2.30. The van der Waals surface area contributed by atoms with Crippen molar-refractivity contribution in [3.8, 4) is 5.75 Å². The number of ether oxygens (including phenoxy) is 1. The van der Waals surface area contributed by atoms with Crippen LogP contribution in [0.3, 0.4) is 0 Å². The lowest BCUT2D eigenvalue weighted by Gasteiger charge is -2.10. The zero-order chi connectivity index (χ0) is 12.3. The van der Waals surface area contributed by atoms with E-state index in [9.17, 15) is 0 Å². The van der Waals surface area contributed by atoms with Crippen LogP contribution >= 0.6 is 31.9 Å². The van der Waals surface area contributed by atoms with Crippen molar-refractivity contribution in [3.63, 3.8) is 0 Å². The summed E-state index contributed by atoms with van der Waals surface area (Å²) in [4.78, 5) is 4.25. The van der Waals surface area contributed by atoms with Crippen LogP contribution in [0.2, 0.25) is 0 Å². The summed E-state index contributed by atoms with van der Waals surface area (Å²) in [5.41, 5.74) is 0.872. The topological polar surface area (TPSA) is 34.1 Å². The quantitative estimate of drug-likeness (QED) is 0.886. The number of hydrogen-bond donors (Lipinski definition) is 1. The van der Waals surface area contributed by atoms with Gasteiger partial charge in [-0.3, -0.25) is 0 Å². The number of nitrogens with one attached hydrogen (secondary N) is 1. The zero-order valence-corrected chi connectivity index (χ0v) is 12.2. The fourth-order valence-electron chi connectivity index (χ4n) is 1.37. The fraction of sp³-hybridized carbons (Fsp3) is 0.0833. The number of methoxy groups -OCH3 is 1. The van der Waals surface area contributed by atoms with Gasteiger partial charge in [0.25, 0.3) is 0 Å². The van der Waals surface area contributed by atoms with Gasteiger partial charge in [0.05, 0.1) is 12.8 Å². The Balaban J connectivity index is 2.28. The van der Waals surface area contributed by atoms with E-state index in [0.29, 0.717) is 0 Å². The van der Waals surface area contributed by atoms with Gasteiger partial charge >= 0.3 is 0 Å². The molecule has 0 radical (unpaired) electrons. The van der Waals surface area contributed by atoms with Crippen molar-refractivity contribution >= 4 is 43.4 Å². The maximum absolute atomic E-state index is 5.28. The number of pyridine rings is 1. The lowest BCUT2D eigenvalue weighted by atomic mass is 10.3. The van der Waals surface area contributed by atoms with E-state index < -0.39 is 0 Å². The lowest BCUT2D eigenvalue weighted by Crippen LogP contribution is -1.96. The van der Waals surface area contributed by atoms with Crippen LogP contribution in [0.5, 0.6) is 5.75 Å². The molecule has 0 aliphatic heterocycles. The van der Waals surface area contributed by atoms with E-state index in [0.717, 1.165) is 26.2 Å². The molecule has 0 fully saturated rings. The molecule has 0 saturated carbocycles. The van der Waals surface area contributed by atoms with Crippen LogP contribution in [0, 0.1) is 0 Å². The first kappa shape index (κ1) is 12.4. The molecule has 0 aliphatic rings. The summed E-state index contributed by atoms with van der Waals surface area (Å²) in [6, 6.07) is 9.59. The van der Waals surface area contributed by atoms with Crippen molar-refractivity contribution in [1.29, 1.82) is 0 Å². The summed E-state index contributed by atoms with van der Waals surface area (Å²) in [5, 5.41) is 3.20. The number of hydrogen-bond acceptors (Lipinski definition) is 3. The van der Waals surface area contributed by atoms with Crippen molar-refractivity contribution in [2.45, 2.75) is 0 Å². The van der Waals surface area contributed by atoms with Crippen LogP contribution in [0.15, 0.2) is 45.5 Å². The highest BCUT2D eigenvalue weighted by atomic mass is 79.9. The van der Waals surface area contributed by atoms with E-state index in [2.05, 4.69) is 42.2 Å². The molecule has 17 heavy (non-hydrogen) atoms. The van der Waals surface area contributed by atoms with Gasteiger partial charge in [0, 0.05) is 15.1 Å². The van der Waals surface area contributed by atoms with E-state index in [1.165, 1.54) is 0 Å². The second-order valence-corrected chi connectivity index (χ2v) is 5.16. The van der Waals surface area contributed by atoms with Gasteiger partial charge in [-0.15, -0.1) is 0 Å². The second-order valence-electron chi connectivity index (χ2n) is 3.33. The Morgan fingerprint density at radius 1 is 1.12 bits per heavy atom.